The molecule has 1 heterocycles. The second-order valence-electron chi connectivity index (χ2n) is 2.82. The number of rotatable bonds is 1. The number of hydrogen-bond acceptors (Lipinski definition) is 1. The smallest absolute Gasteiger partial charge is 0.156 e. The molecule has 0 radical (unpaired) electrons. The van der Waals surface area contributed by atoms with Crippen LogP contribution in [0, 0.1) is 5.82 Å². The van der Waals surface area contributed by atoms with Gasteiger partial charge >= 0.3 is 0 Å². The van der Waals surface area contributed by atoms with Crippen molar-refractivity contribution in [3.05, 3.63) is 44.2 Å². The molecule has 0 atom stereocenters. The fourth-order valence-electron chi connectivity index (χ4n) is 1.21. The van der Waals surface area contributed by atoms with E-state index >= 15 is 0 Å². The molecule has 1 nitrogen and oxygen atoms in total. The summed E-state index contributed by atoms with van der Waals surface area (Å²) >= 11 is 12.2. The van der Waals surface area contributed by atoms with Gasteiger partial charge in [-0.05, 0) is 50.1 Å². The lowest BCUT2D eigenvalue weighted by atomic mass is 10.2. The van der Waals surface area contributed by atoms with Crippen LogP contribution in [-0.2, 0) is 0 Å². The molecule has 0 spiro atoms. The van der Waals surface area contributed by atoms with Crippen molar-refractivity contribution in [1.29, 1.82) is 0 Å². The first-order valence-electron chi connectivity index (χ1n) is 3.98. The van der Waals surface area contributed by atoms with E-state index in [0.717, 1.165) is 0 Å². The van der Waals surface area contributed by atoms with Crippen molar-refractivity contribution in [2.45, 2.75) is 0 Å². The number of furan rings is 1. The lowest BCUT2D eigenvalue weighted by molar-refractivity contribution is 0.578. The van der Waals surface area contributed by atoms with Gasteiger partial charge in [0.2, 0.25) is 0 Å². The molecule has 0 aliphatic carbocycles. The Morgan fingerprint density at radius 3 is 2.67 bits per heavy atom. The highest BCUT2D eigenvalue weighted by molar-refractivity contribution is 9.11. The van der Waals surface area contributed by atoms with Crippen molar-refractivity contribution < 1.29 is 8.81 Å². The topological polar surface area (TPSA) is 13.1 Å². The average molecular weight is 354 g/mol. The molecule has 5 heteroatoms. The zero-order valence-corrected chi connectivity index (χ0v) is 11.2. The van der Waals surface area contributed by atoms with E-state index < -0.39 is 5.82 Å². The number of benzene rings is 1. The molecular weight excluding hydrogens is 350 g/mol. The number of hydrogen-bond donors (Lipinski definition) is 0. The summed E-state index contributed by atoms with van der Waals surface area (Å²) < 4.78 is 19.7. The molecule has 0 aliphatic rings. The van der Waals surface area contributed by atoms with Gasteiger partial charge in [-0.25, -0.2) is 4.39 Å². The molecule has 0 amide bonds. The van der Waals surface area contributed by atoms with Gasteiger partial charge in [-0.3, -0.25) is 0 Å². The molecule has 1 aromatic heterocycles. The lowest BCUT2D eigenvalue weighted by Gasteiger charge is -2.06. The molecule has 15 heavy (non-hydrogen) atoms. The third-order valence-electron chi connectivity index (χ3n) is 1.88. The molecule has 1 aromatic carbocycles. The van der Waals surface area contributed by atoms with Crippen LogP contribution in [0.15, 0.2) is 37.8 Å². The zero-order chi connectivity index (χ0) is 11.0. The van der Waals surface area contributed by atoms with Crippen molar-refractivity contribution in [3.8, 4) is 11.3 Å². The highest BCUT2D eigenvalue weighted by atomic mass is 79.9. The van der Waals surface area contributed by atoms with Crippen molar-refractivity contribution in [3.63, 3.8) is 0 Å². The summed E-state index contributed by atoms with van der Waals surface area (Å²) in [4.78, 5) is 0. The van der Waals surface area contributed by atoms with Crippen LogP contribution in [0.5, 0.6) is 0 Å². The second kappa shape index (κ2) is 4.28. The Bertz CT molecular complexity index is 497. The van der Waals surface area contributed by atoms with Crippen molar-refractivity contribution in [2.75, 3.05) is 0 Å². The Morgan fingerprint density at radius 1 is 1.33 bits per heavy atom. The summed E-state index contributed by atoms with van der Waals surface area (Å²) in [6.45, 7) is 0. The molecule has 0 N–H and O–H groups in total. The summed E-state index contributed by atoms with van der Waals surface area (Å²) in [5.41, 5.74) is 0.613. The third-order valence-corrected chi connectivity index (χ3v) is 3.53. The SMILES string of the molecule is Fc1c(Cl)cc(Br)c(-c2ccco2)c1Br. The van der Waals surface area contributed by atoms with E-state index in [2.05, 4.69) is 31.9 Å². The van der Waals surface area contributed by atoms with Crippen LogP contribution in [-0.4, -0.2) is 0 Å². The third kappa shape index (κ3) is 1.98. The maximum absolute atomic E-state index is 13.5. The van der Waals surface area contributed by atoms with E-state index in [4.69, 9.17) is 16.0 Å². The molecule has 0 saturated carbocycles. The van der Waals surface area contributed by atoms with Crippen LogP contribution in [0.2, 0.25) is 5.02 Å². The van der Waals surface area contributed by atoms with E-state index in [1.54, 1.807) is 12.1 Å². The second-order valence-corrected chi connectivity index (χ2v) is 4.88. The maximum atomic E-state index is 13.5. The Hall–Kier alpha value is -0.320. The van der Waals surface area contributed by atoms with Gasteiger partial charge in [0.25, 0.3) is 0 Å². The minimum Gasteiger partial charge on any atom is -0.464 e. The molecule has 0 unspecified atom stereocenters. The van der Waals surface area contributed by atoms with Crippen LogP contribution < -0.4 is 0 Å². The van der Waals surface area contributed by atoms with Gasteiger partial charge in [0.05, 0.1) is 15.8 Å². The Kier molecular flexibility index (Phi) is 3.19. The Labute approximate surface area is 107 Å². The highest BCUT2D eigenvalue weighted by Gasteiger charge is 2.17. The van der Waals surface area contributed by atoms with Crippen molar-refractivity contribution >= 4 is 43.5 Å². The van der Waals surface area contributed by atoms with E-state index in [0.29, 0.717) is 15.8 Å². The zero-order valence-electron chi connectivity index (χ0n) is 7.23. The molecule has 2 rings (SSSR count). The van der Waals surface area contributed by atoms with E-state index in [9.17, 15) is 4.39 Å². The Morgan fingerprint density at radius 2 is 2.07 bits per heavy atom. The monoisotopic (exact) mass is 352 g/mol. The average Bonchev–Trinajstić information content (AvgIpc) is 2.68. The summed E-state index contributed by atoms with van der Waals surface area (Å²) in [6.07, 6.45) is 1.53. The quantitative estimate of drug-likeness (QED) is 0.503. The van der Waals surface area contributed by atoms with Crippen LogP contribution in [0.1, 0.15) is 0 Å². The van der Waals surface area contributed by atoms with Gasteiger partial charge in [-0.2, -0.15) is 0 Å². The predicted octanol–water partition coefficient (Wildman–Crippen LogP) is 5.26. The molecule has 0 saturated heterocycles. The van der Waals surface area contributed by atoms with Gasteiger partial charge in [0.15, 0.2) is 5.82 Å². The lowest BCUT2D eigenvalue weighted by Crippen LogP contribution is -1.86. The fraction of sp³-hybridized carbons (Fsp3) is 0. The van der Waals surface area contributed by atoms with Crippen LogP contribution in [0.25, 0.3) is 11.3 Å². The minimum atomic E-state index is -0.494. The van der Waals surface area contributed by atoms with Crippen LogP contribution >= 0.6 is 43.5 Å². The molecule has 0 bridgehead atoms. The molecule has 2 aromatic rings. The van der Waals surface area contributed by atoms with Crippen molar-refractivity contribution in [1.82, 2.24) is 0 Å². The minimum absolute atomic E-state index is 0.0593. The first-order chi connectivity index (χ1) is 7.11. The highest BCUT2D eigenvalue weighted by Crippen LogP contribution is 2.39. The van der Waals surface area contributed by atoms with E-state index in [-0.39, 0.29) is 9.50 Å². The first-order valence-corrected chi connectivity index (χ1v) is 5.94. The maximum Gasteiger partial charge on any atom is 0.156 e. The van der Waals surface area contributed by atoms with Crippen molar-refractivity contribution in [2.24, 2.45) is 0 Å². The summed E-state index contributed by atoms with van der Waals surface area (Å²) in [7, 11) is 0. The molecular formula is C10H4Br2ClFO. The van der Waals surface area contributed by atoms with Crippen LogP contribution in [0.3, 0.4) is 0 Å². The van der Waals surface area contributed by atoms with Gasteiger partial charge in [0.1, 0.15) is 5.76 Å². The normalized spacial score (nSPS) is 10.7. The van der Waals surface area contributed by atoms with Gasteiger partial charge in [-0.15, -0.1) is 0 Å². The largest absolute Gasteiger partial charge is 0.464 e. The summed E-state index contributed by atoms with van der Waals surface area (Å²) in [6, 6.07) is 4.98. The van der Waals surface area contributed by atoms with E-state index in [1.807, 2.05) is 0 Å². The Balaban J connectivity index is 2.72. The summed E-state index contributed by atoms with van der Waals surface area (Å²) in [5.74, 6) is 0.0792. The first kappa shape index (κ1) is 11.2. The van der Waals surface area contributed by atoms with Gasteiger partial charge in [-0.1, -0.05) is 11.6 Å². The molecule has 0 aliphatic heterocycles. The summed E-state index contributed by atoms with van der Waals surface area (Å²) in [5, 5.41) is 0.0593. The standard InChI is InChI=1S/C10H4Br2ClFO/c11-5-4-6(13)10(14)9(12)8(5)7-2-1-3-15-7/h1-4H. The van der Waals surface area contributed by atoms with Gasteiger partial charge in [0, 0.05) is 10.0 Å². The van der Waals surface area contributed by atoms with E-state index in [1.165, 1.54) is 12.3 Å². The molecule has 0 fully saturated rings. The number of halogens is 4. The fourth-order valence-corrected chi connectivity index (χ4v) is 3.17. The molecule has 78 valence electrons. The predicted molar refractivity (Wildman–Crippen MR) is 64.5 cm³/mol. The van der Waals surface area contributed by atoms with Crippen LogP contribution in [0.4, 0.5) is 4.39 Å². The van der Waals surface area contributed by atoms with Gasteiger partial charge < -0.3 is 4.42 Å².